The van der Waals surface area contributed by atoms with Gasteiger partial charge >= 0.3 is 7.12 Å². The normalized spacial score (nSPS) is 31.8. The molecular weight excluding hydrogens is 213 g/mol. The van der Waals surface area contributed by atoms with Gasteiger partial charge in [-0.2, -0.15) is 0 Å². The van der Waals surface area contributed by atoms with Crippen molar-refractivity contribution in [1.29, 1.82) is 0 Å². The highest BCUT2D eigenvalue weighted by Crippen LogP contribution is 2.38. The van der Waals surface area contributed by atoms with E-state index in [-0.39, 0.29) is 18.3 Å². The molecule has 0 saturated carbocycles. The van der Waals surface area contributed by atoms with Crippen molar-refractivity contribution in [3.05, 3.63) is 0 Å². The topological polar surface area (TPSA) is 30.5 Å². The van der Waals surface area contributed by atoms with Crippen LogP contribution in [0.5, 0.6) is 0 Å². The van der Waals surface area contributed by atoms with Crippen molar-refractivity contribution in [3.8, 4) is 0 Å². The number of rotatable bonds is 3. The largest absolute Gasteiger partial charge is 0.457 e. The second-order valence-electron chi connectivity index (χ2n) is 6.41. The van der Waals surface area contributed by atoms with Crippen LogP contribution >= 0.6 is 0 Å². The summed E-state index contributed by atoms with van der Waals surface area (Å²) in [4.78, 5) is 0. The molecule has 1 atom stereocenters. The van der Waals surface area contributed by atoms with Crippen molar-refractivity contribution >= 4 is 7.12 Å². The van der Waals surface area contributed by atoms with E-state index >= 15 is 0 Å². The zero-order valence-corrected chi connectivity index (χ0v) is 11.7. The van der Waals surface area contributed by atoms with Crippen molar-refractivity contribution in [3.63, 3.8) is 0 Å². The van der Waals surface area contributed by atoms with E-state index in [0.29, 0.717) is 6.04 Å². The van der Waals surface area contributed by atoms with Crippen LogP contribution in [0.25, 0.3) is 0 Å². The predicted octanol–water partition coefficient (Wildman–Crippen LogP) is 2.61. The summed E-state index contributed by atoms with van der Waals surface area (Å²) in [6.07, 6.45) is 6.16. The monoisotopic (exact) mass is 239 g/mol. The van der Waals surface area contributed by atoms with Gasteiger partial charge in [0.2, 0.25) is 0 Å². The first kappa shape index (κ1) is 13.4. The van der Waals surface area contributed by atoms with E-state index in [4.69, 9.17) is 9.31 Å². The van der Waals surface area contributed by atoms with E-state index in [9.17, 15) is 0 Å². The lowest BCUT2D eigenvalue weighted by Crippen LogP contribution is -2.41. The molecule has 2 aliphatic rings. The van der Waals surface area contributed by atoms with E-state index in [1.54, 1.807) is 0 Å². The summed E-state index contributed by atoms with van der Waals surface area (Å²) >= 11 is 0. The Morgan fingerprint density at radius 2 is 1.76 bits per heavy atom. The van der Waals surface area contributed by atoms with Crippen molar-refractivity contribution in [2.75, 3.05) is 6.54 Å². The molecule has 0 aliphatic carbocycles. The molecule has 0 spiro atoms. The summed E-state index contributed by atoms with van der Waals surface area (Å²) in [6.45, 7) is 9.64. The van der Waals surface area contributed by atoms with Gasteiger partial charge in [-0.15, -0.1) is 0 Å². The fourth-order valence-corrected chi connectivity index (χ4v) is 2.59. The first-order chi connectivity index (χ1) is 7.91. The van der Waals surface area contributed by atoms with Crippen molar-refractivity contribution in [2.45, 2.75) is 76.9 Å². The fraction of sp³-hybridized carbons (Fsp3) is 1.00. The van der Waals surface area contributed by atoms with Crippen molar-refractivity contribution in [2.24, 2.45) is 0 Å². The first-order valence-corrected chi connectivity index (χ1v) is 7.00. The van der Waals surface area contributed by atoms with Crippen LogP contribution in [0, 0.1) is 0 Å². The molecule has 0 amide bonds. The molecule has 98 valence electrons. The average Bonchev–Trinajstić information content (AvgIpc) is 2.46. The minimum atomic E-state index is -0.183. The van der Waals surface area contributed by atoms with Gasteiger partial charge < -0.3 is 14.6 Å². The van der Waals surface area contributed by atoms with Crippen LogP contribution in [0.1, 0.15) is 53.4 Å². The summed E-state index contributed by atoms with van der Waals surface area (Å²) in [7, 11) is -0.0243. The highest BCUT2D eigenvalue weighted by molar-refractivity contribution is 6.45. The van der Waals surface area contributed by atoms with Gasteiger partial charge in [0.1, 0.15) is 0 Å². The van der Waals surface area contributed by atoms with Crippen LogP contribution in [0.4, 0.5) is 0 Å². The number of nitrogens with one attached hydrogen (secondary N) is 1. The standard InChI is InChI=1S/C13H26BNO2/c1-12(2)13(3,4)17-14(16-12)9-8-11-7-5-6-10-15-11/h11,15H,5-10H2,1-4H3. The van der Waals surface area contributed by atoms with E-state index in [0.717, 1.165) is 12.7 Å². The minimum absolute atomic E-state index is 0.0243. The lowest BCUT2D eigenvalue weighted by Gasteiger charge is -2.32. The molecule has 0 bridgehead atoms. The Kier molecular flexibility index (Phi) is 3.86. The summed E-state index contributed by atoms with van der Waals surface area (Å²) in [5.41, 5.74) is -0.366. The van der Waals surface area contributed by atoms with E-state index in [1.165, 1.54) is 25.8 Å². The fourth-order valence-electron chi connectivity index (χ4n) is 2.59. The number of hydrogen-bond acceptors (Lipinski definition) is 3. The molecule has 0 aromatic heterocycles. The Hall–Kier alpha value is -0.0551. The average molecular weight is 239 g/mol. The van der Waals surface area contributed by atoms with E-state index in [2.05, 4.69) is 33.0 Å². The van der Waals surface area contributed by atoms with Crippen LogP contribution < -0.4 is 5.32 Å². The Morgan fingerprint density at radius 3 is 2.29 bits per heavy atom. The Morgan fingerprint density at radius 1 is 1.12 bits per heavy atom. The van der Waals surface area contributed by atoms with Gasteiger partial charge in [0.15, 0.2) is 0 Å². The molecule has 0 aromatic rings. The Balaban J connectivity index is 1.77. The second kappa shape index (κ2) is 4.91. The SMILES string of the molecule is CC1(C)OB(CCC2CCCCN2)OC1(C)C. The lowest BCUT2D eigenvalue weighted by molar-refractivity contribution is 0.00578. The van der Waals surface area contributed by atoms with E-state index < -0.39 is 0 Å². The van der Waals surface area contributed by atoms with Crippen LogP contribution in [0.2, 0.25) is 6.32 Å². The van der Waals surface area contributed by atoms with Gasteiger partial charge in [0.25, 0.3) is 0 Å². The van der Waals surface area contributed by atoms with Gasteiger partial charge in [0, 0.05) is 6.04 Å². The minimum Gasteiger partial charge on any atom is -0.403 e. The molecule has 2 heterocycles. The smallest absolute Gasteiger partial charge is 0.403 e. The quantitative estimate of drug-likeness (QED) is 0.768. The molecule has 0 radical (unpaired) electrons. The van der Waals surface area contributed by atoms with E-state index in [1.807, 2.05) is 0 Å². The van der Waals surface area contributed by atoms with Crippen molar-refractivity contribution in [1.82, 2.24) is 5.32 Å². The molecule has 17 heavy (non-hydrogen) atoms. The number of piperidine rings is 1. The zero-order chi connectivity index (χ0) is 12.5. The van der Waals surface area contributed by atoms with Gasteiger partial charge in [-0.3, -0.25) is 0 Å². The Bertz CT molecular complexity index is 246. The third-order valence-corrected chi connectivity index (χ3v) is 4.47. The molecule has 1 N–H and O–H groups in total. The number of hydrogen-bond donors (Lipinski definition) is 1. The summed E-state index contributed by atoms with van der Waals surface area (Å²) in [5.74, 6) is 0. The zero-order valence-electron chi connectivity index (χ0n) is 11.7. The van der Waals surface area contributed by atoms with Crippen molar-refractivity contribution < 1.29 is 9.31 Å². The molecular formula is C13H26BNO2. The molecule has 3 nitrogen and oxygen atoms in total. The maximum atomic E-state index is 6.01. The predicted molar refractivity (Wildman–Crippen MR) is 71.1 cm³/mol. The van der Waals surface area contributed by atoms with Crippen LogP contribution in [0.3, 0.4) is 0 Å². The molecule has 0 aromatic carbocycles. The first-order valence-electron chi connectivity index (χ1n) is 7.00. The molecule has 2 aliphatic heterocycles. The van der Waals surface area contributed by atoms with Gasteiger partial charge in [-0.1, -0.05) is 6.42 Å². The maximum Gasteiger partial charge on any atom is 0.457 e. The third-order valence-electron chi connectivity index (χ3n) is 4.47. The second-order valence-corrected chi connectivity index (χ2v) is 6.41. The maximum absolute atomic E-state index is 6.01. The molecule has 2 saturated heterocycles. The summed E-state index contributed by atoms with van der Waals surface area (Å²) < 4.78 is 12.0. The van der Waals surface area contributed by atoms with Gasteiger partial charge in [0.05, 0.1) is 11.2 Å². The highest BCUT2D eigenvalue weighted by Gasteiger charge is 2.50. The van der Waals surface area contributed by atoms with Crippen LogP contribution in [-0.2, 0) is 9.31 Å². The van der Waals surface area contributed by atoms with Crippen LogP contribution in [-0.4, -0.2) is 30.9 Å². The molecule has 2 fully saturated rings. The molecule has 2 rings (SSSR count). The molecule has 4 heteroatoms. The van der Waals surface area contributed by atoms with Crippen LogP contribution in [0.15, 0.2) is 0 Å². The Labute approximate surface area is 106 Å². The van der Waals surface area contributed by atoms with Gasteiger partial charge in [-0.05, 0) is 59.8 Å². The highest BCUT2D eigenvalue weighted by atomic mass is 16.7. The summed E-state index contributed by atoms with van der Waals surface area (Å²) in [6, 6.07) is 0.669. The summed E-state index contributed by atoms with van der Waals surface area (Å²) in [5, 5.41) is 3.57. The van der Waals surface area contributed by atoms with Gasteiger partial charge in [-0.25, -0.2) is 0 Å². The molecule has 1 unspecified atom stereocenters. The third kappa shape index (κ3) is 3.04. The lowest BCUT2D eigenvalue weighted by atomic mass is 9.80.